The molecule has 3 N–H and O–H groups in total. The summed E-state index contributed by atoms with van der Waals surface area (Å²) in [5, 5.41) is 13.9. The number of pyridine rings is 1. The Labute approximate surface area is 200 Å². The predicted octanol–water partition coefficient (Wildman–Crippen LogP) is 4.96. The Hall–Kier alpha value is -3.44. The molecule has 1 amide bonds. The van der Waals surface area contributed by atoms with Gasteiger partial charge in [0.05, 0.1) is 17.2 Å². The maximum atomic E-state index is 13.8. The van der Waals surface area contributed by atoms with E-state index in [1.165, 1.54) is 5.56 Å². The normalized spacial score (nSPS) is 15.3. The van der Waals surface area contributed by atoms with Gasteiger partial charge in [-0.05, 0) is 86.6 Å². The van der Waals surface area contributed by atoms with E-state index in [1.54, 1.807) is 0 Å². The number of aromatic amines is 1. The number of aryl methyl sites for hydroxylation is 3. The first-order valence-corrected chi connectivity index (χ1v) is 11.9. The van der Waals surface area contributed by atoms with Crippen molar-refractivity contribution in [1.82, 2.24) is 15.3 Å². The summed E-state index contributed by atoms with van der Waals surface area (Å²) in [5.74, 6) is 0.0411. The molecule has 1 atom stereocenters. The van der Waals surface area contributed by atoms with Crippen LogP contribution in [-0.4, -0.2) is 27.6 Å². The van der Waals surface area contributed by atoms with E-state index >= 15 is 0 Å². The number of H-pyrrole nitrogens is 1. The van der Waals surface area contributed by atoms with Crippen LogP contribution < -0.4 is 5.32 Å². The largest absolute Gasteiger partial charge is 0.396 e. The highest BCUT2D eigenvalue weighted by Gasteiger charge is 2.52. The summed E-state index contributed by atoms with van der Waals surface area (Å²) < 4.78 is 0. The molecule has 0 radical (unpaired) electrons. The van der Waals surface area contributed by atoms with E-state index in [0.29, 0.717) is 6.42 Å². The lowest BCUT2D eigenvalue weighted by atomic mass is 9.91. The van der Waals surface area contributed by atoms with E-state index in [-0.39, 0.29) is 18.6 Å². The van der Waals surface area contributed by atoms with Crippen LogP contribution in [0.4, 0.5) is 0 Å². The van der Waals surface area contributed by atoms with E-state index in [2.05, 4.69) is 54.5 Å². The minimum Gasteiger partial charge on any atom is -0.396 e. The van der Waals surface area contributed by atoms with Crippen LogP contribution in [0.15, 0.2) is 60.8 Å². The summed E-state index contributed by atoms with van der Waals surface area (Å²) in [6, 6.07) is 18.2. The van der Waals surface area contributed by atoms with Crippen molar-refractivity contribution in [3.05, 3.63) is 100.0 Å². The Bertz CT molecular complexity index is 1370. The number of aromatic nitrogens is 2. The van der Waals surface area contributed by atoms with Gasteiger partial charge in [0.1, 0.15) is 0 Å². The molecule has 0 saturated heterocycles. The van der Waals surface area contributed by atoms with Crippen molar-refractivity contribution in [3.63, 3.8) is 0 Å². The minimum absolute atomic E-state index is 0.0411. The molecule has 0 aliphatic heterocycles. The zero-order valence-corrected chi connectivity index (χ0v) is 20.0. The number of nitrogens with zero attached hydrogens (tertiary/aromatic N) is 1. The lowest BCUT2D eigenvalue weighted by Gasteiger charge is -2.25. The van der Waals surface area contributed by atoms with Crippen LogP contribution in [0.25, 0.3) is 10.9 Å². The lowest BCUT2D eigenvalue weighted by Crippen LogP contribution is -2.38. The summed E-state index contributed by atoms with van der Waals surface area (Å²) in [5.41, 5.74) is 7.80. The fourth-order valence-electron chi connectivity index (χ4n) is 5.03. The van der Waals surface area contributed by atoms with Gasteiger partial charge in [-0.25, -0.2) is 0 Å². The third-order valence-corrected chi connectivity index (χ3v) is 7.10. The summed E-state index contributed by atoms with van der Waals surface area (Å²) in [4.78, 5) is 21.9. The van der Waals surface area contributed by atoms with Crippen molar-refractivity contribution in [2.24, 2.45) is 0 Å². The third-order valence-electron chi connectivity index (χ3n) is 7.10. The van der Waals surface area contributed by atoms with Crippen LogP contribution in [0.5, 0.6) is 0 Å². The highest BCUT2D eigenvalue weighted by atomic mass is 16.3. The van der Waals surface area contributed by atoms with Gasteiger partial charge in [-0.15, -0.1) is 0 Å². The van der Waals surface area contributed by atoms with Gasteiger partial charge >= 0.3 is 0 Å². The van der Waals surface area contributed by atoms with Crippen molar-refractivity contribution in [2.75, 3.05) is 6.61 Å². The SMILES string of the molecule is Cc1ccc(C(NC(=O)C2(c3ccc4[nH]cc(CCO)c4c3)CC2)c2cccc(C)n2)c(C)c1. The second-order valence-corrected chi connectivity index (χ2v) is 9.60. The molecule has 1 fully saturated rings. The Balaban J connectivity index is 1.51. The van der Waals surface area contributed by atoms with Crippen molar-refractivity contribution in [2.45, 2.75) is 51.5 Å². The Morgan fingerprint density at radius 2 is 1.94 bits per heavy atom. The second kappa shape index (κ2) is 8.73. The van der Waals surface area contributed by atoms with Crippen molar-refractivity contribution >= 4 is 16.8 Å². The number of carbonyl (C=O) groups is 1. The first-order valence-electron chi connectivity index (χ1n) is 11.9. The average molecular weight is 454 g/mol. The number of nitrogens with one attached hydrogen (secondary N) is 2. The van der Waals surface area contributed by atoms with Crippen molar-refractivity contribution in [1.29, 1.82) is 0 Å². The quantitative estimate of drug-likeness (QED) is 0.370. The maximum absolute atomic E-state index is 13.8. The molecule has 5 heteroatoms. The molecule has 174 valence electrons. The van der Waals surface area contributed by atoms with E-state index in [1.807, 2.05) is 37.4 Å². The topological polar surface area (TPSA) is 78.0 Å². The summed E-state index contributed by atoms with van der Waals surface area (Å²) in [6.45, 7) is 6.25. The Morgan fingerprint density at radius 3 is 2.65 bits per heavy atom. The number of amides is 1. The Morgan fingerprint density at radius 1 is 1.12 bits per heavy atom. The Kier molecular flexibility index (Phi) is 5.74. The third kappa shape index (κ3) is 4.01. The van der Waals surface area contributed by atoms with Crippen LogP contribution in [0.3, 0.4) is 0 Å². The van der Waals surface area contributed by atoms with Gasteiger partial charge in [-0.3, -0.25) is 9.78 Å². The predicted molar refractivity (Wildman–Crippen MR) is 135 cm³/mol. The maximum Gasteiger partial charge on any atom is 0.231 e. The number of benzene rings is 2. The van der Waals surface area contributed by atoms with Gasteiger partial charge in [-0.2, -0.15) is 0 Å². The van der Waals surface area contributed by atoms with Gasteiger partial charge in [-0.1, -0.05) is 35.9 Å². The second-order valence-electron chi connectivity index (χ2n) is 9.60. The molecule has 4 aromatic rings. The number of rotatable bonds is 7. The first kappa shape index (κ1) is 22.4. The number of hydrogen-bond donors (Lipinski definition) is 3. The molecule has 1 saturated carbocycles. The molecule has 5 nitrogen and oxygen atoms in total. The van der Waals surface area contributed by atoms with Crippen LogP contribution in [0, 0.1) is 20.8 Å². The molecule has 2 aromatic carbocycles. The summed E-state index contributed by atoms with van der Waals surface area (Å²) in [7, 11) is 0. The van der Waals surface area contributed by atoms with Crippen molar-refractivity contribution in [3.8, 4) is 0 Å². The van der Waals surface area contributed by atoms with E-state index in [4.69, 9.17) is 4.98 Å². The van der Waals surface area contributed by atoms with Crippen molar-refractivity contribution < 1.29 is 9.90 Å². The van der Waals surface area contributed by atoms with Gasteiger partial charge in [0.15, 0.2) is 0 Å². The first-order chi connectivity index (χ1) is 16.4. The molecular weight excluding hydrogens is 422 g/mol. The number of carbonyl (C=O) groups excluding carboxylic acids is 1. The van der Waals surface area contributed by atoms with Gasteiger partial charge in [0, 0.05) is 29.4 Å². The highest BCUT2D eigenvalue weighted by Crippen LogP contribution is 2.49. The molecule has 1 aliphatic carbocycles. The molecule has 2 aromatic heterocycles. The van der Waals surface area contributed by atoms with Crippen LogP contribution in [0.2, 0.25) is 0 Å². The van der Waals surface area contributed by atoms with Gasteiger partial charge < -0.3 is 15.4 Å². The number of fused-ring (bicyclic) bond motifs is 1. The van der Waals surface area contributed by atoms with Gasteiger partial charge in [0.2, 0.25) is 5.91 Å². The average Bonchev–Trinajstić information content (AvgIpc) is 3.54. The molecule has 1 unspecified atom stereocenters. The molecule has 1 aliphatic rings. The smallest absolute Gasteiger partial charge is 0.231 e. The van der Waals surface area contributed by atoms with Crippen LogP contribution >= 0.6 is 0 Å². The summed E-state index contributed by atoms with van der Waals surface area (Å²) in [6.07, 6.45) is 4.19. The van der Waals surface area contributed by atoms with Crippen LogP contribution in [0.1, 0.15) is 58.1 Å². The molecule has 0 spiro atoms. The highest BCUT2D eigenvalue weighted by molar-refractivity contribution is 5.94. The zero-order chi connectivity index (χ0) is 23.9. The molecular formula is C29H31N3O2. The van der Waals surface area contributed by atoms with Crippen LogP contribution in [-0.2, 0) is 16.6 Å². The molecule has 0 bridgehead atoms. The fourth-order valence-corrected chi connectivity index (χ4v) is 5.03. The number of hydrogen-bond acceptors (Lipinski definition) is 3. The lowest BCUT2D eigenvalue weighted by molar-refractivity contribution is -0.124. The monoisotopic (exact) mass is 453 g/mol. The molecule has 5 rings (SSSR count). The standard InChI is InChI=1S/C29H31N3O2/c1-18-7-9-23(19(2)15-18)27(26-6-4-5-20(3)31-26)32-28(34)29(12-13-29)22-8-10-25-24(16-22)21(11-14-33)17-30-25/h4-10,15-17,27,30,33H,11-14H2,1-3H3,(H,32,34). The minimum atomic E-state index is -0.525. The zero-order valence-electron chi connectivity index (χ0n) is 20.0. The van der Waals surface area contributed by atoms with E-state index in [9.17, 15) is 9.90 Å². The number of aliphatic hydroxyl groups is 1. The fraction of sp³-hybridized carbons (Fsp3) is 0.310. The van der Waals surface area contributed by atoms with E-state index in [0.717, 1.165) is 57.4 Å². The summed E-state index contributed by atoms with van der Waals surface area (Å²) >= 11 is 0. The van der Waals surface area contributed by atoms with Gasteiger partial charge in [0.25, 0.3) is 0 Å². The molecule has 2 heterocycles. The number of aliphatic hydroxyl groups excluding tert-OH is 1. The molecule has 34 heavy (non-hydrogen) atoms. The van der Waals surface area contributed by atoms with E-state index < -0.39 is 5.41 Å².